The summed E-state index contributed by atoms with van der Waals surface area (Å²) in [6, 6.07) is 16.1. The molecule has 10 heteroatoms. The number of halogens is 1. The fourth-order valence-corrected chi connectivity index (χ4v) is 5.77. The van der Waals surface area contributed by atoms with Gasteiger partial charge in [0, 0.05) is 24.2 Å². The Morgan fingerprint density at radius 2 is 1.74 bits per heavy atom. The maximum atomic E-state index is 13.7. The van der Waals surface area contributed by atoms with E-state index in [4.69, 9.17) is 5.73 Å². The number of aliphatic hydroxyl groups is 1. The molecule has 3 aromatic carbocycles. The first-order valence-electron chi connectivity index (χ1n) is 12.3. The van der Waals surface area contributed by atoms with Crippen molar-refractivity contribution in [2.75, 3.05) is 18.8 Å². The maximum absolute atomic E-state index is 13.7. The number of phenols is 1. The van der Waals surface area contributed by atoms with Crippen LogP contribution in [0.5, 0.6) is 5.75 Å². The van der Waals surface area contributed by atoms with Gasteiger partial charge in [0.05, 0.1) is 22.7 Å². The number of carbonyl (C=O) groups is 1. The van der Waals surface area contributed by atoms with Gasteiger partial charge < -0.3 is 21.3 Å². The highest BCUT2D eigenvalue weighted by Crippen LogP contribution is 2.23. The number of aromatic hydroxyl groups is 1. The maximum Gasteiger partial charge on any atom is 0.252 e. The molecule has 0 radical (unpaired) electrons. The number of sulfonamides is 1. The summed E-state index contributed by atoms with van der Waals surface area (Å²) in [6.07, 6.45) is -1.08. The number of nitrogens with zero attached hydrogens (tertiary/aromatic N) is 1. The number of anilines is 1. The third-order valence-electron chi connectivity index (χ3n) is 6.19. The van der Waals surface area contributed by atoms with Gasteiger partial charge in [0.1, 0.15) is 11.6 Å². The van der Waals surface area contributed by atoms with Gasteiger partial charge in [0.25, 0.3) is 5.91 Å². The number of nitrogens with two attached hydrogens (primary N) is 1. The van der Waals surface area contributed by atoms with Gasteiger partial charge in [0.15, 0.2) is 0 Å². The molecule has 3 rings (SSSR count). The molecule has 0 fully saturated rings. The van der Waals surface area contributed by atoms with Gasteiger partial charge in [-0.1, -0.05) is 50.2 Å². The SMILES string of the molecule is Cc1c(O)cccc1C(=O)N[C@@H](Cc1ccccc1)[C@H](O)CN(CC(C)C)S(=O)(=O)c1ccc(F)c(N)c1. The van der Waals surface area contributed by atoms with Crippen molar-refractivity contribution in [2.45, 2.75) is 44.2 Å². The summed E-state index contributed by atoms with van der Waals surface area (Å²) in [5, 5.41) is 24.2. The molecule has 0 saturated heterocycles. The first-order chi connectivity index (χ1) is 17.9. The topological polar surface area (TPSA) is 133 Å². The average molecular weight is 544 g/mol. The third-order valence-corrected chi connectivity index (χ3v) is 8.02. The normalized spacial score (nSPS) is 13.4. The first-order valence-corrected chi connectivity index (χ1v) is 13.7. The number of nitrogen functional groups attached to an aromatic ring is 1. The number of hydrogen-bond donors (Lipinski definition) is 4. The first kappa shape index (κ1) is 29.1. The van der Waals surface area contributed by atoms with Crippen LogP contribution in [0.3, 0.4) is 0 Å². The lowest BCUT2D eigenvalue weighted by Crippen LogP contribution is -2.51. The smallest absolute Gasteiger partial charge is 0.252 e. The van der Waals surface area contributed by atoms with Gasteiger partial charge in [-0.15, -0.1) is 0 Å². The minimum absolute atomic E-state index is 0.0365. The summed E-state index contributed by atoms with van der Waals surface area (Å²) < 4.78 is 41.8. The predicted molar refractivity (Wildman–Crippen MR) is 145 cm³/mol. The molecule has 38 heavy (non-hydrogen) atoms. The minimum Gasteiger partial charge on any atom is -0.508 e. The van der Waals surface area contributed by atoms with Crippen LogP contribution in [0.4, 0.5) is 10.1 Å². The number of nitrogens with one attached hydrogen (secondary N) is 1. The van der Waals surface area contributed by atoms with Crippen LogP contribution in [0.2, 0.25) is 0 Å². The zero-order valence-corrected chi connectivity index (χ0v) is 22.5. The van der Waals surface area contributed by atoms with Crippen molar-refractivity contribution in [1.29, 1.82) is 0 Å². The van der Waals surface area contributed by atoms with Gasteiger partial charge >= 0.3 is 0 Å². The van der Waals surface area contributed by atoms with E-state index in [9.17, 15) is 27.8 Å². The lowest BCUT2D eigenvalue weighted by molar-refractivity contribution is 0.0775. The molecule has 0 aromatic heterocycles. The van der Waals surface area contributed by atoms with E-state index in [0.29, 0.717) is 5.56 Å². The predicted octanol–water partition coefficient (Wildman–Crippen LogP) is 3.47. The molecule has 0 unspecified atom stereocenters. The zero-order chi connectivity index (χ0) is 28.0. The number of phenolic OH excluding ortho intramolecular Hbond substituents is 1. The highest BCUT2D eigenvalue weighted by molar-refractivity contribution is 7.89. The van der Waals surface area contributed by atoms with E-state index in [0.717, 1.165) is 28.1 Å². The number of rotatable bonds is 11. The van der Waals surface area contributed by atoms with E-state index < -0.39 is 33.9 Å². The molecular formula is C28H34FN3O5S. The average Bonchev–Trinajstić information content (AvgIpc) is 2.86. The number of amides is 1. The van der Waals surface area contributed by atoms with E-state index in [1.165, 1.54) is 6.07 Å². The lowest BCUT2D eigenvalue weighted by Gasteiger charge is -2.31. The monoisotopic (exact) mass is 543 g/mol. The molecule has 0 spiro atoms. The Morgan fingerprint density at radius 1 is 1.05 bits per heavy atom. The third kappa shape index (κ3) is 7.09. The Bertz CT molecular complexity index is 1370. The van der Waals surface area contributed by atoms with Crippen molar-refractivity contribution in [3.8, 4) is 5.75 Å². The van der Waals surface area contributed by atoms with Crippen molar-refractivity contribution in [3.63, 3.8) is 0 Å². The van der Waals surface area contributed by atoms with Crippen LogP contribution in [0.1, 0.15) is 35.3 Å². The van der Waals surface area contributed by atoms with Crippen molar-refractivity contribution in [1.82, 2.24) is 9.62 Å². The summed E-state index contributed by atoms with van der Waals surface area (Å²) in [6.45, 7) is 5.03. The standard InChI is InChI=1S/C28H34FN3O5S/c1-18(2)16-32(38(36,37)21-12-13-23(29)24(30)15-21)17-27(34)25(14-20-8-5-4-6-9-20)31-28(35)22-10-7-11-26(33)19(22)3/h4-13,15,18,25,27,33-34H,14,16-17,30H2,1-3H3,(H,31,35)/t25-,27+/m0/s1. The largest absolute Gasteiger partial charge is 0.508 e. The molecule has 0 aliphatic carbocycles. The molecule has 0 heterocycles. The van der Waals surface area contributed by atoms with E-state index >= 15 is 0 Å². The second-order valence-electron chi connectivity index (χ2n) is 9.69. The Kier molecular flexibility index (Phi) is 9.48. The second-order valence-corrected chi connectivity index (χ2v) is 11.6. The molecular weight excluding hydrogens is 509 g/mol. The summed E-state index contributed by atoms with van der Waals surface area (Å²) in [4.78, 5) is 13.0. The van der Waals surface area contributed by atoms with Gasteiger partial charge in [-0.3, -0.25) is 4.79 Å². The quantitative estimate of drug-likeness (QED) is 0.274. The molecule has 0 bridgehead atoms. The number of hydrogen-bond acceptors (Lipinski definition) is 6. The van der Waals surface area contributed by atoms with E-state index in [2.05, 4.69) is 5.32 Å². The van der Waals surface area contributed by atoms with E-state index in [-0.39, 0.29) is 47.3 Å². The van der Waals surface area contributed by atoms with Crippen molar-refractivity contribution in [3.05, 3.63) is 89.2 Å². The number of aliphatic hydroxyl groups excluding tert-OH is 1. The number of carbonyl (C=O) groups excluding carboxylic acids is 1. The Morgan fingerprint density at radius 3 is 2.37 bits per heavy atom. The highest BCUT2D eigenvalue weighted by atomic mass is 32.2. The Balaban J connectivity index is 1.93. The fraction of sp³-hybridized carbons (Fsp3) is 0.321. The molecule has 1 amide bonds. The summed E-state index contributed by atoms with van der Waals surface area (Å²) in [7, 11) is -4.15. The lowest BCUT2D eigenvalue weighted by atomic mass is 9.99. The summed E-state index contributed by atoms with van der Waals surface area (Å²) in [5.74, 6) is -1.37. The minimum atomic E-state index is -4.15. The van der Waals surface area contributed by atoms with Gasteiger partial charge in [0.2, 0.25) is 10.0 Å². The van der Waals surface area contributed by atoms with Crippen LogP contribution in [-0.4, -0.2) is 54.1 Å². The van der Waals surface area contributed by atoms with E-state index in [1.54, 1.807) is 19.1 Å². The van der Waals surface area contributed by atoms with Crippen LogP contribution < -0.4 is 11.1 Å². The summed E-state index contributed by atoms with van der Waals surface area (Å²) >= 11 is 0. The Labute approximate surface area is 223 Å². The highest BCUT2D eigenvalue weighted by Gasteiger charge is 2.32. The molecule has 5 N–H and O–H groups in total. The van der Waals surface area contributed by atoms with Crippen molar-refractivity contribution < 1.29 is 27.8 Å². The molecule has 2 atom stereocenters. The Hall–Kier alpha value is -3.47. The summed E-state index contributed by atoms with van der Waals surface area (Å²) in [5.41, 5.74) is 6.77. The molecule has 3 aromatic rings. The van der Waals surface area contributed by atoms with Crippen LogP contribution in [0.25, 0.3) is 0 Å². The van der Waals surface area contributed by atoms with Gasteiger partial charge in [-0.25, -0.2) is 12.8 Å². The molecule has 0 aliphatic heterocycles. The molecule has 0 aliphatic rings. The van der Waals surface area contributed by atoms with Crippen LogP contribution in [0.15, 0.2) is 71.6 Å². The molecule has 204 valence electrons. The second kappa shape index (κ2) is 12.4. The molecule has 8 nitrogen and oxygen atoms in total. The van der Waals surface area contributed by atoms with Crippen LogP contribution >= 0.6 is 0 Å². The number of benzene rings is 3. The van der Waals surface area contributed by atoms with Crippen molar-refractivity contribution >= 4 is 21.6 Å². The van der Waals surface area contributed by atoms with Crippen molar-refractivity contribution in [2.24, 2.45) is 5.92 Å². The fourth-order valence-electron chi connectivity index (χ4n) is 4.11. The van der Waals surface area contributed by atoms with Crippen LogP contribution in [0, 0.1) is 18.7 Å². The van der Waals surface area contributed by atoms with Gasteiger partial charge in [-0.2, -0.15) is 4.31 Å². The molecule has 0 saturated carbocycles. The van der Waals surface area contributed by atoms with Crippen LogP contribution in [-0.2, 0) is 16.4 Å². The van der Waals surface area contributed by atoms with E-state index in [1.807, 2.05) is 44.2 Å². The van der Waals surface area contributed by atoms with Gasteiger partial charge in [-0.05, 0) is 55.2 Å². The zero-order valence-electron chi connectivity index (χ0n) is 21.6.